The van der Waals surface area contributed by atoms with Gasteiger partial charge in [0.05, 0.1) is 0 Å². The zero-order valence-electron chi connectivity index (χ0n) is 9.58. The first-order chi connectivity index (χ1) is 7.04. The summed E-state index contributed by atoms with van der Waals surface area (Å²) in [5, 5.41) is 9.72. The number of hydrogen-bond donors (Lipinski definition) is 1. The van der Waals surface area contributed by atoms with Gasteiger partial charge in [0.1, 0.15) is 18.5 Å². The van der Waals surface area contributed by atoms with Gasteiger partial charge in [0, 0.05) is 5.56 Å². The summed E-state index contributed by atoms with van der Waals surface area (Å²) in [6.07, 6.45) is 0.635. The molecule has 15 heavy (non-hydrogen) atoms. The first-order valence-electron chi connectivity index (χ1n) is 5.50. The lowest BCUT2D eigenvalue weighted by molar-refractivity contribution is 0.140. The minimum absolute atomic E-state index is 0.164. The Morgan fingerprint density at radius 3 is 2.87 bits per heavy atom. The second-order valence-corrected chi connectivity index (χ2v) is 4.82. The fourth-order valence-corrected chi connectivity index (χ4v) is 1.82. The van der Waals surface area contributed by atoms with E-state index in [1.165, 1.54) is 5.56 Å². The van der Waals surface area contributed by atoms with Crippen molar-refractivity contribution in [2.24, 2.45) is 0 Å². The molecule has 0 bridgehead atoms. The van der Waals surface area contributed by atoms with Crippen molar-refractivity contribution in [3.05, 3.63) is 29.3 Å². The molecule has 1 N–H and O–H groups in total. The maximum atomic E-state index is 9.72. The molecule has 0 amide bonds. The maximum absolute atomic E-state index is 9.72. The Morgan fingerprint density at radius 2 is 2.20 bits per heavy atom. The molecule has 1 aliphatic heterocycles. The van der Waals surface area contributed by atoms with E-state index in [0.717, 1.165) is 17.7 Å². The minimum atomic E-state index is -0.451. The standard InChI is InChI=1S/C13H18O2/c1-4-13(2,3)9-5-6-12-10(7-9)11(14)8-15-12/h5-7,11,14H,4,8H2,1-3H3. The molecule has 0 spiro atoms. The lowest BCUT2D eigenvalue weighted by atomic mass is 9.81. The van der Waals surface area contributed by atoms with Crippen molar-refractivity contribution < 1.29 is 9.84 Å². The normalized spacial score (nSPS) is 19.9. The number of aliphatic hydroxyl groups is 1. The van der Waals surface area contributed by atoms with Crippen molar-refractivity contribution in [3.8, 4) is 5.75 Å². The van der Waals surface area contributed by atoms with Crippen molar-refractivity contribution in [2.45, 2.75) is 38.7 Å². The number of fused-ring (bicyclic) bond motifs is 1. The van der Waals surface area contributed by atoms with Crippen LogP contribution in [0.25, 0.3) is 0 Å². The summed E-state index contributed by atoms with van der Waals surface area (Å²) in [6, 6.07) is 6.15. The van der Waals surface area contributed by atoms with Crippen LogP contribution in [0.15, 0.2) is 18.2 Å². The molecule has 82 valence electrons. The van der Waals surface area contributed by atoms with Crippen LogP contribution in [-0.4, -0.2) is 11.7 Å². The van der Waals surface area contributed by atoms with E-state index in [9.17, 15) is 5.11 Å². The molecule has 0 aromatic heterocycles. The highest BCUT2D eigenvalue weighted by atomic mass is 16.5. The van der Waals surface area contributed by atoms with Gasteiger partial charge in [-0.15, -0.1) is 0 Å². The van der Waals surface area contributed by atoms with Crippen LogP contribution < -0.4 is 4.74 Å². The predicted octanol–water partition coefficient (Wildman–Crippen LogP) is 2.80. The number of hydrogen-bond acceptors (Lipinski definition) is 2. The van der Waals surface area contributed by atoms with Crippen molar-refractivity contribution in [1.29, 1.82) is 0 Å². The van der Waals surface area contributed by atoms with Crippen molar-refractivity contribution in [1.82, 2.24) is 0 Å². The fourth-order valence-electron chi connectivity index (χ4n) is 1.82. The molecular weight excluding hydrogens is 188 g/mol. The largest absolute Gasteiger partial charge is 0.490 e. The molecule has 1 unspecified atom stereocenters. The highest BCUT2D eigenvalue weighted by Crippen LogP contribution is 2.36. The van der Waals surface area contributed by atoms with Crippen LogP contribution in [0.3, 0.4) is 0 Å². The van der Waals surface area contributed by atoms with Crippen LogP contribution in [0.2, 0.25) is 0 Å². The quantitative estimate of drug-likeness (QED) is 0.806. The molecule has 2 rings (SSSR count). The number of rotatable bonds is 2. The molecule has 2 nitrogen and oxygen atoms in total. The zero-order valence-corrected chi connectivity index (χ0v) is 9.58. The molecule has 0 radical (unpaired) electrons. The SMILES string of the molecule is CCC(C)(C)c1ccc2c(c1)C(O)CO2. The van der Waals surface area contributed by atoms with Crippen LogP contribution in [0.4, 0.5) is 0 Å². The van der Waals surface area contributed by atoms with Crippen LogP contribution in [0.5, 0.6) is 5.75 Å². The van der Waals surface area contributed by atoms with E-state index >= 15 is 0 Å². The Labute approximate surface area is 90.9 Å². The summed E-state index contributed by atoms with van der Waals surface area (Å²) in [6.45, 7) is 7.01. The lowest BCUT2D eigenvalue weighted by Crippen LogP contribution is -2.15. The van der Waals surface area contributed by atoms with Crippen molar-refractivity contribution in [2.75, 3.05) is 6.61 Å². The monoisotopic (exact) mass is 206 g/mol. The zero-order chi connectivity index (χ0) is 11.1. The molecule has 1 aromatic carbocycles. The van der Waals surface area contributed by atoms with Gasteiger partial charge in [-0.25, -0.2) is 0 Å². The maximum Gasteiger partial charge on any atom is 0.125 e. The smallest absolute Gasteiger partial charge is 0.125 e. The van der Waals surface area contributed by atoms with Gasteiger partial charge in [0.15, 0.2) is 0 Å². The first-order valence-corrected chi connectivity index (χ1v) is 5.50. The second-order valence-electron chi connectivity index (χ2n) is 4.82. The Hall–Kier alpha value is -1.02. The average Bonchev–Trinajstić information content (AvgIpc) is 2.60. The molecule has 0 aliphatic carbocycles. The molecule has 1 aromatic rings. The Balaban J connectivity index is 2.41. The molecule has 1 atom stereocenters. The third kappa shape index (κ3) is 1.74. The average molecular weight is 206 g/mol. The topological polar surface area (TPSA) is 29.5 Å². The van der Waals surface area contributed by atoms with E-state index in [1.54, 1.807) is 0 Å². The lowest BCUT2D eigenvalue weighted by Gasteiger charge is -2.23. The number of ether oxygens (including phenoxy) is 1. The van der Waals surface area contributed by atoms with Crippen molar-refractivity contribution in [3.63, 3.8) is 0 Å². The van der Waals surface area contributed by atoms with Crippen molar-refractivity contribution >= 4 is 0 Å². The van der Waals surface area contributed by atoms with E-state index in [1.807, 2.05) is 6.07 Å². The minimum Gasteiger partial charge on any atom is -0.490 e. The second kappa shape index (κ2) is 3.53. The van der Waals surface area contributed by atoms with Crippen LogP contribution in [0.1, 0.15) is 44.4 Å². The summed E-state index contributed by atoms with van der Waals surface area (Å²) in [7, 11) is 0. The van der Waals surface area contributed by atoms with E-state index in [2.05, 4.69) is 32.9 Å². The van der Waals surface area contributed by atoms with E-state index in [0.29, 0.717) is 6.61 Å². The first kappa shape index (κ1) is 10.5. The molecule has 1 aliphatic rings. The molecule has 0 fully saturated rings. The van der Waals surface area contributed by atoms with Gasteiger partial charge >= 0.3 is 0 Å². The van der Waals surface area contributed by atoms with Gasteiger partial charge in [-0.1, -0.05) is 26.8 Å². The summed E-state index contributed by atoms with van der Waals surface area (Å²) in [4.78, 5) is 0. The third-order valence-electron chi connectivity index (χ3n) is 3.43. The van der Waals surface area contributed by atoms with E-state index < -0.39 is 6.10 Å². The Kier molecular flexibility index (Phi) is 2.47. The van der Waals surface area contributed by atoms with E-state index in [-0.39, 0.29) is 5.41 Å². The van der Waals surface area contributed by atoms with Crippen LogP contribution >= 0.6 is 0 Å². The summed E-state index contributed by atoms with van der Waals surface area (Å²) in [5.41, 5.74) is 2.37. The number of benzene rings is 1. The fraction of sp³-hybridized carbons (Fsp3) is 0.538. The van der Waals surface area contributed by atoms with Gasteiger partial charge in [0.25, 0.3) is 0 Å². The van der Waals surface area contributed by atoms with E-state index in [4.69, 9.17) is 4.74 Å². The van der Waals surface area contributed by atoms with Crippen LogP contribution in [0, 0.1) is 0 Å². The van der Waals surface area contributed by atoms with Gasteiger partial charge in [-0.2, -0.15) is 0 Å². The van der Waals surface area contributed by atoms with Gasteiger partial charge in [-0.3, -0.25) is 0 Å². The highest BCUT2D eigenvalue weighted by Gasteiger charge is 2.25. The van der Waals surface area contributed by atoms with Gasteiger partial charge in [-0.05, 0) is 29.5 Å². The highest BCUT2D eigenvalue weighted by molar-refractivity contribution is 5.43. The Bertz CT molecular complexity index is 369. The van der Waals surface area contributed by atoms with Gasteiger partial charge in [0.2, 0.25) is 0 Å². The summed E-state index contributed by atoms with van der Waals surface area (Å²) < 4.78 is 5.36. The van der Waals surface area contributed by atoms with Gasteiger partial charge < -0.3 is 9.84 Å². The summed E-state index contributed by atoms with van der Waals surface area (Å²) >= 11 is 0. The molecule has 0 saturated carbocycles. The third-order valence-corrected chi connectivity index (χ3v) is 3.43. The molecule has 2 heteroatoms. The Morgan fingerprint density at radius 1 is 1.47 bits per heavy atom. The predicted molar refractivity (Wildman–Crippen MR) is 60.2 cm³/mol. The van der Waals surface area contributed by atoms with Crippen LogP contribution in [-0.2, 0) is 5.41 Å². The summed E-state index contributed by atoms with van der Waals surface area (Å²) in [5.74, 6) is 0.832. The molecule has 1 heterocycles. The number of aliphatic hydroxyl groups excluding tert-OH is 1. The molecule has 0 saturated heterocycles. The molecular formula is C13H18O2.